The third-order valence-corrected chi connectivity index (χ3v) is 14.8. The predicted molar refractivity (Wildman–Crippen MR) is 308 cm³/mol. The minimum atomic E-state index is -0.317. The van der Waals surface area contributed by atoms with Crippen molar-refractivity contribution in [3.8, 4) is 67.6 Å². The van der Waals surface area contributed by atoms with E-state index in [0.717, 1.165) is 135 Å². The molecule has 0 atom stereocenters. The molecule has 414 valence electrons. The predicted octanol–water partition coefficient (Wildman–Crippen LogP) is 8.31. The maximum Gasteiger partial charge on any atom is 0.200 e. The second-order valence-electron chi connectivity index (χ2n) is 19.6. The number of carbonyl (C=O) groups is 1. The normalized spacial score (nSPS) is 15.2. The number of ether oxygens (including phenoxy) is 7. The molecular weight excluding hydrogens is 1070 g/mol. The van der Waals surface area contributed by atoms with Crippen molar-refractivity contribution in [2.75, 3.05) is 118 Å². The minimum absolute atomic E-state index is 0.0778. The average molecular weight is 1140 g/mol. The lowest BCUT2D eigenvalue weighted by atomic mass is 9.98. The van der Waals surface area contributed by atoms with Crippen LogP contribution in [0.15, 0.2) is 119 Å². The lowest BCUT2D eigenvalue weighted by Crippen LogP contribution is -2.38. The van der Waals surface area contributed by atoms with Crippen LogP contribution < -0.4 is 35.8 Å². The van der Waals surface area contributed by atoms with Crippen molar-refractivity contribution in [1.29, 1.82) is 0 Å². The van der Waals surface area contributed by atoms with Gasteiger partial charge in [-0.25, -0.2) is 9.97 Å². The Kier molecular flexibility index (Phi) is 19.7. The maximum atomic E-state index is 13.8. The number of pyridine rings is 3. The number of morpholine rings is 2. The molecule has 0 unspecified atom stereocenters. The highest BCUT2D eigenvalue weighted by Gasteiger charge is 2.22. The summed E-state index contributed by atoms with van der Waals surface area (Å²) in [6.45, 7) is 13.8. The third-order valence-electron chi connectivity index (χ3n) is 14.2. The zero-order valence-electron chi connectivity index (χ0n) is 45.0. The molecule has 7 heterocycles. The molecule has 3 aliphatic heterocycles. The molecule has 3 aromatic carbocycles. The van der Waals surface area contributed by atoms with Gasteiger partial charge in [-0.3, -0.25) is 19.4 Å². The van der Waals surface area contributed by atoms with E-state index in [1.807, 2.05) is 90.5 Å². The van der Waals surface area contributed by atoms with Crippen molar-refractivity contribution in [1.82, 2.24) is 34.5 Å². The molecule has 10 rings (SSSR count). The number of benzene rings is 3. The standard InChI is InChI=1S/C42H46N6O6.C18H22BrN3O3/c1-28-3-5-30(6-4-28)35-26-48(25-29-11-16-52-17-12-29)27-36(41(35)50)38(49)23-33-8-9-37(46-45-33)34-21-32(24-44-42(34)43)31-7-10-39(40(22-31)51-2)54-20-15-47-13-18-53-19-14-47;1-23-17-11-13(14-10-15(19)18(20)21-12-14)2-3-16(17)25-9-6-22-4-7-24-8-5-22/h3-10,21-22,24,26-27,29H,11-20,23,25H2,1-2H3,(H2,43,44);2-3,10-12H,4-9H2,1H3,(H2,20,21). The number of hydrogen-bond acceptors (Lipinski definition) is 17. The number of nitrogen functional groups attached to an aromatic ring is 2. The van der Waals surface area contributed by atoms with Gasteiger partial charge in [0.1, 0.15) is 24.8 Å². The van der Waals surface area contributed by atoms with Crippen LogP contribution in [0.1, 0.15) is 34.5 Å². The van der Waals surface area contributed by atoms with Gasteiger partial charge in [-0.05, 0) is 107 Å². The van der Waals surface area contributed by atoms with Crippen molar-refractivity contribution >= 4 is 33.3 Å². The first-order valence-corrected chi connectivity index (χ1v) is 27.5. The number of Topliss-reactive ketones (excluding diaryl/α,β-unsaturated/α-hetero) is 1. The molecule has 0 bridgehead atoms. The van der Waals surface area contributed by atoms with Crippen molar-refractivity contribution in [3.63, 3.8) is 0 Å². The number of anilines is 2. The molecule has 4 aromatic heterocycles. The van der Waals surface area contributed by atoms with E-state index in [9.17, 15) is 9.59 Å². The monoisotopic (exact) mass is 1140 g/mol. The lowest BCUT2D eigenvalue weighted by molar-refractivity contribution is 0.0320. The van der Waals surface area contributed by atoms with Crippen molar-refractivity contribution in [3.05, 3.63) is 141 Å². The summed E-state index contributed by atoms with van der Waals surface area (Å²) in [5.74, 6) is 3.57. The SMILES string of the molecule is COc1cc(-c2cnc(N)c(-c3ccc(CC(=O)c4cn(CC5CCOCC5)cc(-c5ccc(C)cc5)c4=O)nn3)c2)ccc1OCCN1CCOCC1.COc1cc(-c2cnc(N)c(Br)c2)ccc1OCCN1CCOCC1. The quantitative estimate of drug-likeness (QED) is 0.0729. The topological polar surface area (TPSA) is 214 Å². The molecule has 0 saturated carbocycles. The van der Waals surface area contributed by atoms with Crippen LogP contribution in [0, 0.1) is 12.8 Å². The molecule has 4 N–H and O–H groups in total. The van der Waals surface area contributed by atoms with Crippen LogP contribution in [0.3, 0.4) is 0 Å². The molecule has 3 fully saturated rings. The summed E-state index contributed by atoms with van der Waals surface area (Å²) < 4.78 is 42.2. The second-order valence-corrected chi connectivity index (χ2v) is 20.5. The molecule has 0 aliphatic carbocycles. The summed E-state index contributed by atoms with van der Waals surface area (Å²) in [6, 6.07) is 26.8. The van der Waals surface area contributed by atoms with E-state index in [0.29, 0.717) is 77.1 Å². The number of nitrogens with two attached hydrogens (primary N) is 2. The molecule has 3 aliphatic rings. The van der Waals surface area contributed by atoms with Gasteiger partial charge in [0, 0.05) is 106 Å². The van der Waals surface area contributed by atoms with Crippen LogP contribution >= 0.6 is 15.9 Å². The number of ketones is 1. The Labute approximate surface area is 469 Å². The van der Waals surface area contributed by atoms with Crippen LogP contribution in [0.2, 0.25) is 0 Å². The molecule has 7 aromatic rings. The fourth-order valence-electron chi connectivity index (χ4n) is 9.56. The summed E-state index contributed by atoms with van der Waals surface area (Å²) in [5.41, 5.74) is 19.5. The van der Waals surface area contributed by atoms with Gasteiger partial charge in [0.05, 0.1) is 68.5 Å². The highest BCUT2D eigenvalue weighted by Crippen LogP contribution is 2.36. The van der Waals surface area contributed by atoms with Gasteiger partial charge in [-0.2, -0.15) is 10.2 Å². The molecule has 18 nitrogen and oxygen atoms in total. The third kappa shape index (κ3) is 15.1. The van der Waals surface area contributed by atoms with E-state index < -0.39 is 0 Å². The molecule has 0 spiro atoms. The molecule has 3 saturated heterocycles. The Hall–Kier alpha value is -7.26. The van der Waals surface area contributed by atoms with E-state index in [-0.39, 0.29) is 23.2 Å². The number of rotatable bonds is 19. The average Bonchev–Trinajstić information content (AvgIpc) is 3.49. The van der Waals surface area contributed by atoms with Crippen LogP contribution in [-0.4, -0.2) is 147 Å². The highest BCUT2D eigenvalue weighted by atomic mass is 79.9. The van der Waals surface area contributed by atoms with Gasteiger partial charge in [-0.15, -0.1) is 0 Å². The summed E-state index contributed by atoms with van der Waals surface area (Å²) in [7, 11) is 3.26. The molecule has 0 amide bonds. The number of aryl methyl sites for hydroxylation is 1. The van der Waals surface area contributed by atoms with Gasteiger partial charge in [0.2, 0.25) is 0 Å². The number of carbonyl (C=O) groups excluding carboxylic acids is 1. The van der Waals surface area contributed by atoms with E-state index in [1.165, 1.54) is 0 Å². The molecule has 79 heavy (non-hydrogen) atoms. The van der Waals surface area contributed by atoms with E-state index >= 15 is 0 Å². The van der Waals surface area contributed by atoms with Crippen LogP contribution in [0.25, 0.3) is 44.6 Å². The largest absolute Gasteiger partial charge is 0.493 e. The Morgan fingerprint density at radius 1 is 0.633 bits per heavy atom. The van der Waals surface area contributed by atoms with Gasteiger partial charge >= 0.3 is 0 Å². The first-order valence-electron chi connectivity index (χ1n) is 26.7. The zero-order chi connectivity index (χ0) is 55.1. The highest BCUT2D eigenvalue weighted by molar-refractivity contribution is 9.10. The summed E-state index contributed by atoms with van der Waals surface area (Å²) in [5, 5.41) is 8.81. The van der Waals surface area contributed by atoms with Crippen molar-refractivity contribution in [2.45, 2.75) is 32.7 Å². The van der Waals surface area contributed by atoms with Crippen molar-refractivity contribution in [2.24, 2.45) is 5.92 Å². The minimum Gasteiger partial charge on any atom is -0.493 e. The van der Waals surface area contributed by atoms with Crippen LogP contribution in [-0.2, 0) is 27.2 Å². The van der Waals surface area contributed by atoms with Gasteiger partial charge in [0.25, 0.3) is 0 Å². The number of hydrogen-bond donors (Lipinski definition) is 2. The number of aromatic nitrogens is 5. The maximum absolute atomic E-state index is 13.8. The van der Waals surface area contributed by atoms with Crippen LogP contribution in [0.4, 0.5) is 11.6 Å². The zero-order valence-corrected chi connectivity index (χ0v) is 46.6. The molecule has 19 heteroatoms. The molecule has 0 radical (unpaired) electrons. The Morgan fingerprint density at radius 2 is 1.19 bits per heavy atom. The fourth-order valence-corrected chi connectivity index (χ4v) is 9.90. The Morgan fingerprint density at radius 3 is 1.75 bits per heavy atom. The lowest BCUT2D eigenvalue weighted by Gasteiger charge is -2.26. The van der Waals surface area contributed by atoms with E-state index in [2.05, 4.69) is 45.9 Å². The van der Waals surface area contributed by atoms with Crippen molar-refractivity contribution < 1.29 is 38.0 Å². The second kappa shape index (κ2) is 27.6. The number of halogens is 1. The summed E-state index contributed by atoms with van der Waals surface area (Å²) in [6.07, 6.45) is 8.80. The van der Waals surface area contributed by atoms with Gasteiger partial charge in [-0.1, -0.05) is 42.0 Å². The van der Waals surface area contributed by atoms with Gasteiger partial charge in [0.15, 0.2) is 34.2 Å². The smallest absolute Gasteiger partial charge is 0.200 e. The first kappa shape index (κ1) is 56.5. The molecular formula is C60H68BrN9O9. The Bertz CT molecular complexity index is 3220. The van der Waals surface area contributed by atoms with Crippen LogP contribution in [0.5, 0.6) is 23.0 Å². The fraction of sp³-hybridized carbons (Fsp3) is 0.367. The van der Waals surface area contributed by atoms with E-state index in [4.69, 9.17) is 44.6 Å². The number of nitrogens with zero attached hydrogens (tertiary/aromatic N) is 7. The number of methoxy groups -OCH3 is 2. The Balaban J connectivity index is 0.000000252. The summed E-state index contributed by atoms with van der Waals surface area (Å²) in [4.78, 5) is 40.8. The first-order chi connectivity index (χ1) is 38.5. The summed E-state index contributed by atoms with van der Waals surface area (Å²) >= 11 is 3.41. The van der Waals surface area contributed by atoms with E-state index in [1.54, 1.807) is 44.9 Å². The van der Waals surface area contributed by atoms with Gasteiger partial charge < -0.3 is 49.2 Å².